The van der Waals surface area contributed by atoms with Gasteiger partial charge in [0.15, 0.2) is 0 Å². The summed E-state index contributed by atoms with van der Waals surface area (Å²) in [5, 5.41) is 8.64. The first-order valence-electron chi connectivity index (χ1n) is 5.58. The van der Waals surface area contributed by atoms with Crippen molar-refractivity contribution >= 4 is 11.9 Å². The molecule has 1 aliphatic rings. The van der Waals surface area contributed by atoms with Crippen LogP contribution >= 0.6 is 0 Å². The number of likely N-dealkylation sites (N-methyl/N-ethyl adjacent to an activating group) is 2. The Kier molecular flexibility index (Phi) is 4.29. The maximum atomic E-state index is 11.9. The van der Waals surface area contributed by atoms with Crippen LogP contribution in [-0.2, 0) is 9.59 Å². The van der Waals surface area contributed by atoms with Crippen molar-refractivity contribution in [1.82, 2.24) is 9.80 Å². The van der Waals surface area contributed by atoms with Gasteiger partial charge in [-0.3, -0.25) is 9.59 Å². The molecular weight excluding hydrogens is 208 g/mol. The molecule has 0 saturated carbocycles. The summed E-state index contributed by atoms with van der Waals surface area (Å²) in [6, 6.07) is 0.230. The Labute approximate surface area is 96.0 Å². The van der Waals surface area contributed by atoms with Gasteiger partial charge in [-0.1, -0.05) is 6.92 Å². The third-order valence-corrected chi connectivity index (χ3v) is 3.16. The largest absolute Gasteiger partial charge is 0.481 e. The van der Waals surface area contributed by atoms with E-state index in [1.807, 2.05) is 7.05 Å². The SMILES string of the molecule is CC(CC(=O)O)C(=O)N(C)C1CCN(C)C1. The summed E-state index contributed by atoms with van der Waals surface area (Å²) in [6.07, 6.45) is 0.879. The first-order valence-corrected chi connectivity index (χ1v) is 5.58. The highest BCUT2D eigenvalue weighted by Gasteiger charge is 2.29. The minimum absolute atomic E-state index is 0.0669. The van der Waals surface area contributed by atoms with Crippen LogP contribution in [0.1, 0.15) is 19.8 Å². The van der Waals surface area contributed by atoms with Crippen molar-refractivity contribution in [3.63, 3.8) is 0 Å². The van der Waals surface area contributed by atoms with E-state index >= 15 is 0 Å². The van der Waals surface area contributed by atoms with Crippen molar-refractivity contribution in [1.29, 1.82) is 0 Å². The molecule has 2 unspecified atom stereocenters. The fourth-order valence-electron chi connectivity index (χ4n) is 2.10. The molecule has 1 amide bonds. The molecule has 1 aliphatic heterocycles. The van der Waals surface area contributed by atoms with E-state index in [1.54, 1.807) is 18.9 Å². The van der Waals surface area contributed by atoms with Crippen LogP contribution in [0.2, 0.25) is 0 Å². The zero-order valence-electron chi connectivity index (χ0n) is 10.1. The topological polar surface area (TPSA) is 60.9 Å². The van der Waals surface area contributed by atoms with E-state index in [9.17, 15) is 9.59 Å². The van der Waals surface area contributed by atoms with E-state index in [4.69, 9.17) is 5.11 Å². The number of carboxylic acid groups (broad SMARTS) is 1. The van der Waals surface area contributed by atoms with E-state index in [0.29, 0.717) is 0 Å². The highest BCUT2D eigenvalue weighted by atomic mass is 16.4. The van der Waals surface area contributed by atoms with Crippen molar-refractivity contribution in [2.24, 2.45) is 5.92 Å². The Balaban J connectivity index is 2.49. The second-order valence-corrected chi connectivity index (χ2v) is 4.65. The van der Waals surface area contributed by atoms with Gasteiger partial charge in [0, 0.05) is 25.6 Å². The van der Waals surface area contributed by atoms with Crippen molar-refractivity contribution in [3.05, 3.63) is 0 Å². The molecule has 2 atom stereocenters. The Morgan fingerprint density at radius 3 is 2.62 bits per heavy atom. The molecule has 1 saturated heterocycles. The lowest BCUT2D eigenvalue weighted by Crippen LogP contribution is -2.41. The maximum absolute atomic E-state index is 11.9. The maximum Gasteiger partial charge on any atom is 0.304 e. The zero-order chi connectivity index (χ0) is 12.3. The fraction of sp³-hybridized carbons (Fsp3) is 0.818. The first kappa shape index (κ1) is 13.0. The van der Waals surface area contributed by atoms with Crippen molar-refractivity contribution in [3.8, 4) is 0 Å². The number of carbonyl (C=O) groups excluding carboxylic acids is 1. The van der Waals surface area contributed by atoms with Crippen LogP contribution in [0.4, 0.5) is 0 Å². The van der Waals surface area contributed by atoms with Crippen LogP contribution in [-0.4, -0.2) is 60.0 Å². The Hall–Kier alpha value is -1.10. The standard InChI is InChI=1S/C11H20N2O3/c1-8(6-10(14)15)11(16)13(3)9-4-5-12(2)7-9/h8-9H,4-7H2,1-3H3,(H,14,15). The molecule has 1 heterocycles. The van der Waals surface area contributed by atoms with Gasteiger partial charge >= 0.3 is 5.97 Å². The summed E-state index contributed by atoms with van der Waals surface area (Å²) < 4.78 is 0. The quantitative estimate of drug-likeness (QED) is 0.749. The molecular formula is C11H20N2O3. The van der Waals surface area contributed by atoms with Crippen LogP contribution in [0, 0.1) is 5.92 Å². The number of hydrogen-bond acceptors (Lipinski definition) is 3. The van der Waals surface area contributed by atoms with E-state index in [-0.39, 0.29) is 18.4 Å². The summed E-state index contributed by atoms with van der Waals surface area (Å²) in [4.78, 5) is 26.3. The van der Waals surface area contributed by atoms with E-state index in [2.05, 4.69) is 4.90 Å². The number of carbonyl (C=O) groups is 2. The molecule has 0 aromatic heterocycles. The van der Waals surface area contributed by atoms with Crippen LogP contribution in [0.5, 0.6) is 0 Å². The summed E-state index contributed by atoms with van der Waals surface area (Å²) in [7, 11) is 3.80. The van der Waals surface area contributed by atoms with Gasteiger partial charge in [-0.05, 0) is 20.0 Å². The number of aliphatic carboxylic acids is 1. The van der Waals surface area contributed by atoms with Crippen LogP contribution in [0.25, 0.3) is 0 Å². The van der Waals surface area contributed by atoms with Gasteiger partial charge in [0.05, 0.1) is 6.42 Å². The first-order chi connectivity index (χ1) is 7.41. The molecule has 0 aromatic carbocycles. The average Bonchev–Trinajstić information content (AvgIpc) is 2.61. The normalized spacial score (nSPS) is 23.1. The van der Waals surface area contributed by atoms with Crippen molar-refractivity contribution in [2.45, 2.75) is 25.8 Å². The Morgan fingerprint density at radius 1 is 1.56 bits per heavy atom. The summed E-state index contributed by atoms with van der Waals surface area (Å²) in [6.45, 7) is 3.54. The van der Waals surface area contributed by atoms with Gasteiger partial charge in [-0.25, -0.2) is 0 Å². The predicted molar refractivity (Wildman–Crippen MR) is 60.1 cm³/mol. The molecule has 92 valence electrons. The minimum atomic E-state index is -0.919. The molecule has 0 radical (unpaired) electrons. The third kappa shape index (κ3) is 3.20. The predicted octanol–water partition coefficient (Wildman–Crippen LogP) is 0.260. The highest BCUT2D eigenvalue weighted by Crippen LogP contribution is 2.16. The number of hydrogen-bond donors (Lipinski definition) is 1. The third-order valence-electron chi connectivity index (χ3n) is 3.16. The molecule has 16 heavy (non-hydrogen) atoms. The van der Waals surface area contributed by atoms with E-state index < -0.39 is 11.9 Å². The molecule has 1 fully saturated rings. The van der Waals surface area contributed by atoms with Gasteiger partial charge in [0.1, 0.15) is 0 Å². The molecule has 0 aromatic rings. The van der Waals surface area contributed by atoms with Gasteiger partial charge < -0.3 is 14.9 Å². The molecule has 1 rings (SSSR count). The lowest BCUT2D eigenvalue weighted by molar-refractivity contribution is -0.144. The van der Waals surface area contributed by atoms with E-state index in [1.165, 1.54) is 0 Å². The monoisotopic (exact) mass is 228 g/mol. The molecule has 0 aliphatic carbocycles. The Morgan fingerprint density at radius 2 is 2.19 bits per heavy atom. The number of amides is 1. The molecule has 0 spiro atoms. The summed E-state index contributed by atoms with van der Waals surface area (Å²) in [5.41, 5.74) is 0. The van der Waals surface area contributed by atoms with Crippen molar-refractivity contribution in [2.75, 3.05) is 27.2 Å². The van der Waals surface area contributed by atoms with Gasteiger partial charge in [-0.15, -0.1) is 0 Å². The molecule has 1 N–H and O–H groups in total. The second kappa shape index (κ2) is 5.30. The minimum Gasteiger partial charge on any atom is -0.481 e. The van der Waals surface area contributed by atoms with Crippen molar-refractivity contribution < 1.29 is 14.7 Å². The number of nitrogens with zero attached hydrogens (tertiary/aromatic N) is 2. The molecule has 5 heteroatoms. The lowest BCUT2D eigenvalue weighted by atomic mass is 10.1. The van der Waals surface area contributed by atoms with Gasteiger partial charge in [-0.2, -0.15) is 0 Å². The number of likely N-dealkylation sites (tertiary alicyclic amines) is 1. The second-order valence-electron chi connectivity index (χ2n) is 4.65. The molecule has 5 nitrogen and oxygen atoms in total. The lowest BCUT2D eigenvalue weighted by Gasteiger charge is -2.26. The summed E-state index contributed by atoms with van der Waals surface area (Å²) in [5.74, 6) is -1.42. The Bertz CT molecular complexity index is 280. The average molecular weight is 228 g/mol. The van der Waals surface area contributed by atoms with Gasteiger partial charge in [0.25, 0.3) is 0 Å². The van der Waals surface area contributed by atoms with Crippen LogP contribution in [0.3, 0.4) is 0 Å². The highest BCUT2D eigenvalue weighted by molar-refractivity contribution is 5.83. The van der Waals surface area contributed by atoms with Gasteiger partial charge in [0.2, 0.25) is 5.91 Å². The van der Waals surface area contributed by atoms with Crippen LogP contribution in [0.15, 0.2) is 0 Å². The smallest absolute Gasteiger partial charge is 0.304 e. The number of rotatable bonds is 4. The van der Waals surface area contributed by atoms with E-state index in [0.717, 1.165) is 19.5 Å². The summed E-state index contributed by atoms with van der Waals surface area (Å²) >= 11 is 0. The van der Waals surface area contributed by atoms with Crippen LogP contribution < -0.4 is 0 Å². The fourth-order valence-corrected chi connectivity index (χ4v) is 2.10. The molecule has 0 bridgehead atoms. The number of carboxylic acids is 1. The zero-order valence-corrected chi connectivity index (χ0v) is 10.1.